The first-order valence-electron chi connectivity index (χ1n) is 7.93. The highest BCUT2D eigenvalue weighted by Gasteiger charge is 2.18. The molecule has 0 fully saturated rings. The molecule has 1 N–H and O–H groups in total. The molecule has 0 spiro atoms. The van der Waals surface area contributed by atoms with E-state index in [1.54, 1.807) is 7.11 Å². The van der Waals surface area contributed by atoms with E-state index in [-0.39, 0.29) is 5.41 Å². The van der Waals surface area contributed by atoms with Crippen molar-refractivity contribution in [1.29, 1.82) is 0 Å². The van der Waals surface area contributed by atoms with Crippen molar-refractivity contribution in [2.45, 2.75) is 46.6 Å². The van der Waals surface area contributed by atoms with Gasteiger partial charge in [-0.25, -0.2) is 0 Å². The zero-order valence-corrected chi connectivity index (χ0v) is 14.2. The molecular formula is C18H31NO2. The lowest BCUT2D eigenvalue weighted by molar-refractivity contribution is 0.149. The summed E-state index contributed by atoms with van der Waals surface area (Å²) in [5.74, 6) is 0.952. The smallest absolute Gasteiger partial charge is 0.119 e. The lowest BCUT2D eigenvalue weighted by Gasteiger charge is -2.27. The number of ether oxygens (including phenoxy) is 2. The second-order valence-electron chi connectivity index (χ2n) is 6.43. The van der Waals surface area contributed by atoms with Crippen LogP contribution in [0.5, 0.6) is 5.75 Å². The molecule has 1 unspecified atom stereocenters. The SMILES string of the molecule is CCCOc1ccc(C(C)NCC(C)(C)CCOC)cc1. The van der Waals surface area contributed by atoms with Gasteiger partial charge in [0.25, 0.3) is 0 Å². The lowest BCUT2D eigenvalue weighted by atomic mass is 9.89. The molecule has 1 aromatic carbocycles. The Balaban J connectivity index is 2.46. The third-order valence-electron chi connectivity index (χ3n) is 3.72. The summed E-state index contributed by atoms with van der Waals surface area (Å²) in [6.07, 6.45) is 2.10. The van der Waals surface area contributed by atoms with Gasteiger partial charge in [-0.2, -0.15) is 0 Å². The first-order chi connectivity index (χ1) is 9.98. The van der Waals surface area contributed by atoms with Gasteiger partial charge < -0.3 is 14.8 Å². The van der Waals surface area contributed by atoms with Crippen LogP contribution in [0.15, 0.2) is 24.3 Å². The number of nitrogens with one attached hydrogen (secondary N) is 1. The minimum Gasteiger partial charge on any atom is -0.494 e. The van der Waals surface area contributed by atoms with E-state index < -0.39 is 0 Å². The van der Waals surface area contributed by atoms with Crippen molar-refractivity contribution in [1.82, 2.24) is 5.32 Å². The van der Waals surface area contributed by atoms with Gasteiger partial charge in [0.05, 0.1) is 6.61 Å². The fourth-order valence-electron chi connectivity index (χ4n) is 2.09. The Morgan fingerprint density at radius 2 is 1.81 bits per heavy atom. The van der Waals surface area contributed by atoms with Gasteiger partial charge in [0.1, 0.15) is 5.75 Å². The van der Waals surface area contributed by atoms with E-state index in [2.05, 4.69) is 57.3 Å². The van der Waals surface area contributed by atoms with Crippen molar-refractivity contribution in [2.75, 3.05) is 26.9 Å². The average molecular weight is 293 g/mol. The van der Waals surface area contributed by atoms with Crippen LogP contribution in [0.2, 0.25) is 0 Å². The third-order valence-corrected chi connectivity index (χ3v) is 3.72. The van der Waals surface area contributed by atoms with Crippen molar-refractivity contribution in [2.24, 2.45) is 5.41 Å². The van der Waals surface area contributed by atoms with Crippen molar-refractivity contribution in [3.05, 3.63) is 29.8 Å². The van der Waals surface area contributed by atoms with Gasteiger partial charge in [0.2, 0.25) is 0 Å². The molecule has 0 aliphatic rings. The van der Waals surface area contributed by atoms with Gasteiger partial charge in [-0.3, -0.25) is 0 Å². The molecule has 0 saturated carbocycles. The summed E-state index contributed by atoms with van der Waals surface area (Å²) in [4.78, 5) is 0. The number of rotatable bonds is 10. The quantitative estimate of drug-likeness (QED) is 0.701. The topological polar surface area (TPSA) is 30.5 Å². The molecule has 1 rings (SSSR count). The van der Waals surface area contributed by atoms with Crippen LogP contribution < -0.4 is 10.1 Å². The summed E-state index contributed by atoms with van der Waals surface area (Å²) in [5, 5.41) is 3.61. The molecule has 0 amide bonds. The van der Waals surface area contributed by atoms with Crippen molar-refractivity contribution < 1.29 is 9.47 Å². The summed E-state index contributed by atoms with van der Waals surface area (Å²) in [6.45, 7) is 11.4. The first-order valence-corrected chi connectivity index (χ1v) is 7.93. The molecule has 0 saturated heterocycles. The monoisotopic (exact) mass is 293 g/mol. The van der Waals surface area contributed by atoms with Crippen molar-refractivity contribution in [3.8, 4) is 5.75 Å². The van der Waals surface area contributed by atoms with Gasteiger partial charge >= 0.3 is 0 Å². The van der Waals surface area contributed by atoms with Crippen LogP contribution >= 0.6 is 0 Å². The molecule has 0 bridgehead atoms. The van der Waals surface area contributed by atoms with Gasteiger partial charge in [-0.1, -0.05) is 32.9 Å². The van der Waals surface area contributed by atoms with Crippen molar-refractivity contribution >= 4 is 0 Å². The predicted molar refractivity (Wildman–Crippen MR) is 88.9 cm³/mol. The molecule has 0 heterocycles. The Kier molecular flexibility index (Phi) is 7.76. The van der Waals surface area contributed by atoms with E-state index in [1.807, 2.05) is 0 Å². The molecule has 0 radical (unpaired) electrons. The van der Waals surface area contributed by atoms with Crippen LogP contribution in [-0.2, 0) is 4.74 Å². The minimum atomic E-state index is 0.244. The van der Waals surface area contributed by atoms with Gasteiger partial charge in [0.15, 0.2) is 0 Å². The number of hydrogen-bond donors (Lipinski definition) is 1. The second kappa shape index (κ2) is 9.06. The molecule has 0 aliphatic carbocycles. The van der Waals surface area contributed by atoms with Gasteiger partial charge in [-0.05, 0) is 42.9 Å². The minimum absolute atomic E-state index is 0.244. The summed E-state index contributed by atoms with van der Waals surface area (Å²) in [6, 6.07) is 8.74. The third kappa shape index (κ3) is 6.96. The Hall–Kier alpha value is -1.06. The molecule has 1 aromatic rings. The summed E-state index contributed by atoms with van der Waals surface area (Å²) in [5.41, 5.74) is 1.54. The van der Waals surface area contributed by atoms with E-state index in [0.29, 0.717) is 6.04 Å². The number of methoxy groups -OCH3 is 1. The molecule has 3 heteroatoms. The molecular weight excluding hydrogens is 262 g/mol. The van der Waals surface area contributed by atoms with Crippen LogP contribution in [0.1, 0.15) is 52.1 Å². The Morgan fingerprint density at radius 1 is 1.14 bits per heavy atom. The highest BCUT2D eigenvalue weighted by atomic mass is 16.5. The van der Waals surface area contributed by atoms with Crippen LogP contribution in [0.25, 0.3) is 0 Å². The highest BCUT2D eigenvalue weighted by molar-refractivity contribution is 5.28. The largest absolute Gasteiger partial charge is 0.494 e. The maximum absolute atomic E-state index is 5.61. The van der Waals surface area contributed by atoms with E-state index in [0.717, 1.165) is 38.3 Å². The van der Waals surface area contributed by atoms with Gasteiger partial charge in [-0.15, -0.1) is 0 Å². The van der Waals surface area contributed by atoms with Crippen LogP contribution in [-0.4, -0.2) is 26.9 Å². The summed E-state index contributed by atoms with van der Waals surface area (Å²) >= 11 is 0. The molecule has 3 nitrogen and oxygen atoms in total. The Bertz CT molecular complexity index is 387. The van der Waals surface area contributed by atoms with E-state index in [1.165, 1.54) is 5.56 Å². The fraction of sp³-hybridized carbons (Fsp3) is 0.667. The average Bonchev–Trinajstić information content (AvgIpc) is 2.49. The van der Waals surface area contributed by atoms with E-state index >= 15 is 0 Å². The van der Waals surface area contributed by atoms with E-state index in [4.69, 9.17) is 9.47 Å². The first kappa shape index (κ1) is 18.0. The standard InChI is InChI=1S/C18H31NO2/c1-6-12-21-17-9-7-16(8-10-17)15(2)19-14-18(3,4)11-13-20-5/h7-10,15,19H,6,11-14H2,1-5H3. The molecule has 120 valence electrons. The molecule has 21 heavy (non-hydrogen) atoms. The maximum atomic E-state index is 5.61. The van der Waals surface area contributed by atoms with Crippen LogP contribution in [0.4, 0.5) is 0 Å². The Labute approximate surface area is 130 Å². The fourth-order valence-corrected chi connectivity index (χ4v) is 2.09. The van der Waals surface area contributed by atoms with E-state index in [9.17, 15) is 0 Å². The highest BCUT2D eigenvalue weighted by Crippen LogP contribution is 2.22. The summed E-state index contributed by atoms with van der Waals surface area (Å²) in [7, 11) is 1.76. The predicted octanol–water partition coefficient (Wildman–Crippen LogP) is 4.19. The molecule has 1 atom stereocenters. The normalized spacial score (nSPS) is 13.2. The van der Waals surface area contributed by atoms with Gasteiger partial charge in [0, 0.05) is 26.3 Å². The molecule has 0 aromatic heterocycles. The summed E-state index contributed by atoms with van der Waals surface area (Å²) < 4.78 is 10.8. The second-order valence-corrected chi connectivity index (χ2v) is 6.43. The van der Waals surface area contributed by atoms with Crippen LogP contribution in [0, 0.1) is 5.41 Å². The number of benzene rings is 1. The Morgan fingerprint density at radius 3 is 2.38 bits per heavy atom. The number of hydrogen-bond acceptors (Lipinski definition) is 3. The zero-order chi connectivity index (χ0) is 15.7. The zero-order valence-electron chi connectivity index (χ0n) is 14.2. The van der Waals surface area contributed by atoms with Crippen molar-refractivity contribution in [3.63, 3.8) is 0 Å². The lowest BCUT2D eigenvalue weighted by Crippen LogP contribution is -2.32. The van der Waals surface area contributed by atoms with Crippen LogP contribution in [0.3, 0.4) is 0 Å². The maximum Gasteiger partial charge on any atom is 0.119 e. The molecule has 0 aliphatic heterocycles.